The number of hydrogen-bond acceptors (Lipinski definition) is 1. The van der Waals surface area contributed by atoms with Gasteiger partial charge < -0.3 is 0 Å². The van der Waals surface area contributed by atoms with Gasteiger partial charge in [0.1, 0.15) is 12.4 Å². The zero-order chi connectivity index (χ0) is 11.3. The molecule has 0 saturated heterocycles. The zero-order valence-electron chi connectivity index (χ0n) is 9.50. The van der Waals surface area contributed by atoms with Crippen molar-refractivity contribution in [3.8, 4) is 0 Å². The van der Waals surface area contributed by atoms with E-state index in [0.29, 0.717) is 0 Å². The van der Waals surface area contributed by atoms with Gasteiger partial charge in [-0.1, -0.05) is 6.58 Å². The Balaban J connectivity index is 2.66. The lowest BCUT2D eigenvalue weighted by atomic mass is 10.7. The molecule has 0 unspecified atom stereocenters. The van der Waals surface area contributed by atoms with Crippen molar-refractivity contribution in [2.75, 3.05) is 20.4 Å². The molecule has 0 aliphatic heterocycles. The van der Waals surface area contributed by atoms with Gasteiger partial charge in [0, 0.05) is 6.26 Å². The first-order valence-corrected chi connectivity index (χ1v) is 5.85. The second kappa shape index (κ2) is 5.60. The Morgan fingerprint density at radius 1 is 1.60 bits per heavy atom. The van der Waals surface area contributed by atoms with Gasteiger partial charge >= 0.3 is 0 Å². The highest BCUT2D eigenvalue weighted by molar-refractivity contribution is 7.97. The average Bonchev–Trinajstić information content (AvgIpc) is 2.64. The van der Waals surface area contributed by atoms with Gasteiger partial charge in [0.05, 0.1) is 32.2 Å². The fourth-order valence-corrected chi connectivity index (χ4v) is 1.58. The van der Waals surface area contributed by atoms with E-state index < -0.39 is 0 Å². The minimum Gasteiger partial charge on any atom is -0.273 e. The molecule has 0 radical (unpaired) electrons. The molecule has 5 heteroatoms. The minimum absolute atomic E-state index is 0.773. The molecule has 1 aromatic rings. The molecule has 82 valence electrons. The summed E-state index contributed by atoms with van der Waals surface area (Å²) >= 11 is 1.67. The molecular weight excluding hydrogens is 208 g/mol. The molecule has 1 aromatic heterocycles. The minimum atomic E-state index is 0.773. The molecule has 0 fully saturated rings. The number of hydrogen-bond donors (Lipinski definition) is 0. The van der Waals surface area contributed by atoms with E-state index in [-0.39, 0.29) is 0 Å². The van der Waals surface area contributed by atoms with Crippen LogP contribution in [0.1, 0.15) is 0 Å². The van der Waals surface area contributed by atoms with Gasteiger partial charge in [-0.3, -0.25) is 4.58 Å². The van der Waals surface area contributed by atoms with Crippen LogP contribution >= 0.6 is 11.9 Å². The van der Waals surface area contributed by atoms with E-state index >= 15 is 0 Å². The van der Waals surface area contributed by atoms with Gasteiger partial charge in [-0.25, -0.2) is 4.90 Å². The van der Waals surface area contributed by atoms with Crippen LogP contribution in [-0.4, -0.2) is 40.1 Å². The molecule has 0 spiro atoms. The van der Waals surface area contributed by atoms with Gasteiger partial charge in [-0.05, 0) is 0 Å². The Morgan fingerprint density at radius 3 is 2.80 bits per heavy atom. The number of nitrogens with zero attached hydrogens (tertiary/aromatic N) is 4. The molecule has 0 saturated carbocycles. The third-order valence-corrected chi connectivity index (χ3v) is 2.46. The lowest BCUT2D eigenvalue weighted by Gasteiger charge is -2.04. The van der Waals surface area contributed by atoms with Crippen LogP contribution in [0.2, 0.25) is 0 Å². The molecule has 0 bridgehead atoms. The second-order valence-electron chi connectivity index (χ2n) is 3.39. The first-order valence-electron chi connectivity index (χ1n) is 4.67. The Hall–Kier alpha value is -1.23. The Bertz CT molecular complexity index is 352. The summed E-state index contributed by atoms with van der Waals surface area (Å²) < 4.78 is 6.14. The van der Waals surface area contributed by atoms with Crippen molar-refractivity contribution in [2.45, 2.75) is 6.67 Å². The van der Waals surface area contributed by atoms with Crippen molar-refractivity contribution in [1.82, 2.24) is 8.87 Å². The highest BCUT2D eigenvalue weighted by Crippen LogP contribution is 1.96. The van der Waals surface area contributed by atoms with E-state index in [9.17, 15) is 0 Å². The van der Waals surface area contributed by atoms with Crippen molar-refractivity contribution >= 4 is 18.3 Å². The molecule has 0 atom stereocenters. The highest BCUT2D eigenvalue weighted by Gasteiger charge is 2.09. The van der Waals surface area contributed by atoms with Crippen LogP contribution in [0.3, 0.4) is 0 Å². The fraction of sp³-hybridized carbons (Fsp3) is 0.400. The van der Waals surface area contributed by atoms with E-state index in [1.807, 2.05) is 61.1 Å². The summed E-state index contributed by atoms with van der Waals surface area (Å²) in [7, 11) is 3.99. The fourth-order valence-electron chi connectivity index (χ4n) is 1.19. The monoisotopic (exact) mass is 226 g/mol. The van der Waals surface area contributed by atoms with Crippen LogP contribution in [0.15, 0.2) is 31.5 Å². The third kappa shape index (κ3) is 3.79. The largest absolute Gasteiger partial charge is 0.273 e. The number of aromatic nitrogens is 2. The van der Waals surface area contributed by atoms with Crippen LogP contribution in [0, 0.1) is 0 Å². The van der Waals surface area contributed by atoms with E-state index in [0.717, 1.165) is 6.67 Å². The Kier molecular flexibility index (Phi) is 4.42. The summed E-state index contributed by atoms with van der Waals surface area (Å²) in [6.45, 7) is 4.55. The van der Waals surface area contributed by atoms with Crippen molar-refractivity contribution in [2.24, 2.45) is 0 Å². The molecule has 1 heterocycles. The summed E-state index contributed by atoms with van der Waals surface area (Å²) in [5.41, 5.74) is 0. The van der Waals surface area contributed by atoms with Gasteiger partial charge in [0.2, 0.25) is 13.0 Å². The summed E-state index contributed by atoms with van der Waals surface area (Å²) in [4.78, 5) is 2.02. The summed E-state index contributed by atoms with van der Waals surface area (Å²) in [5, 5.41) is 0. The lowest BCUT2D eigenvalue weighted by molar-refractivity contribution is -0.710. The molecule has 1 rings (SSSR count). The molecule has 15 heavy (non-hydrogen) atoms. The molecule has 0 aliphatic rings. The zero-order valence-corrected chi connectivity index (χ0v) is 10.3. The summed E-state index contributed by atoms with van der Waals surface area (Å²) in [5.74, 6) is 0. The van der Waals surface area contributed by atoms with Crippen LogP contribution in [0.4, 0.5) is 0 Å². The lowest BCUT2D eigenvalue weighted by Crippen LogP contribution is -2.40. The molecule has 0 amide bonds. The van der Waals surface area contributed by atoms with E-state index in [2.05, 4.69) is 15.1 Å². The Labute approximate surface area is 95.3 Å². The number of imidazole rings is 1. The van der Waals surface area contributed by atoms with Crippen molar-refractivity contribution in [3.05, 3.63) is 31.5 Å². The van der Waals surface area contributed by atoms with Gasteiger partial charge in [0.15, 0.2) is 0 Å². The summed E-state index contributed by atoms with van der Waals surface area (Å²) in [6.07, 6.45) is 12.0. The van der Waals surface area contributed by atoms with Crippen LogP contribution in [-0.2, 0) is 6.67 Å². The maximum Gasteiger partial charge on any atom is 0.258 e. The smallest absolute Gasteiger partial charge is 0.258 e. The van der Waals surface area contributed by atoms with Gasteiger partial charge in [0.25, 0.3) is 6.33 Å². The summed E-state index contributed by atoms with van der Waals surface area (Å²) in [6, 6.07) is 0. The second-order valence-corrected chi connectivity index (χ2v) is 4.17. The van der Waals surface area contributed by atoms with Crippen molar-refractivity contribution < 1.29 is 9.14 Å². The quantitative estimate of drug-likeness (QED) is 0.415. The number of rotatable bonds is 5. The van der Waals surface area contributed by atoms with Crippen LogP contribution in [0.25, 0.3) is 0 Å². The molecule has 0 aliphatic carbocycles. The topological polar surface area (TPSA) is 15.1 Å². The molecule has 4 nitrogen and oxygen atoms in total. The maximum absolute atomic E-state index is 3.78. The predicted molar refractivity (Wildman–Crippen MR) is 63.7 cm³/mol. The maximum atomic E-state index is 3.78. The standard InChI is InChI=1S/C10H18N4S/c1-5-12(8-11(2)3)9-13-6-7-14(10-13)15-4/h5-8,10H,1,9H2,2-4H3/q+2. The van der Waals surface area contributed by atoms with Gasteiger partial charge in [-0.15, -0.1) is 0 Å². The first-order chi connectivity index (χ1) is 7.15. The van der Waals surface area contributed by atoms with Gasteiger partial charge in [-0.2, -0.15) is 8.54 Å². The molecule has 0 aromatic carbocycles. The third-order valence-electron chi connectivity index (χ3n) is 1.82. The van der Waals surface area contributed by atoms with E-state index in [4.69, 9.17) is 0 Å². The normalized spacial score (nSPS) is 9.80. The first kappa shape index (κ1) is 11.8. The predicted octanol–water partition coefficient (Wildman–Crippen LogP) is 0.605. The van der Waals surface area contributed by atoms with E-state index in [1.165, 1.54) is 0 Å². The van der Waals surface area contributed by atoms with Crippen molar-refractivity contribution in [3.63, 3.8) is 0 Å². The average molecular weight is 226 g/mol. The molecule has 0 N–H and O–H groups in total. The van der Waals surface area contributed by atoms with Crippen LogP contribution < -0.4 is 4.57 Å². The van der Waals surface area contributed by atoms with Crippen LogP contribution in [0.5, 0.6) is 0 Å². The SMILES string of the molecule is C=CN(C=[N+](C)C)C[n+]1ccn(SC)c1. The Morgan fingerprint density at radius 2 is 2.33 bits per heavy atom. The molecular formula is C10H18N4S+2. The van der Waals surface area contributed by atoms with E-state index in [1.54, 1.807) is 11.9 Å². The highest BCUT2D eigenvalue weighted by atomic mass is 32.2. The van der Waals surface area contributed by atoms with Crippen molar-refractivity contribution in [1.29, 1.82) is 0 Å².